The Labute approximate surface area is 278 Å². The molecule has 0 amide bonds. The van der Waals surface area contributed by atoms with Gasteiger partial charge in [-0.3, -0.25) is 0 Å². The third-order valence-electron chi connectivity index (χ3n) is 9.94. The molecule has 0 bridgehead atoms. The molecule has 0 aliphatic heterocycles. The molecule has 10 rings (SSSR count). The fourth-order valence-electron chi connectivity index (χ4n) is 7.87. The number of fused-ring (bicyclic) bond motifs is 9. The summed E-state index contributed by atoms with van der Waals surface area (Å²) in [7, 11) is 0. The van der Waals surface area contributed by atoms with Gasteiger partial charge in [0.2, 0.25) is 0 Å². The summed E-state index contributed by atoms with van der Waals surface area (Å²) in [6, 6.07) is 66.3. The first-order valence-electron chi connectivity index (χ1n) is 16.5. The van der Waals surface area contributed by atoms with Crippen LogP contribution in [-0.2, 0) is 0 Å². The van der Waals surface area contributed by atoms with Gasteiger partial charge in [0, 0.05) is 27.2 Å². The molecule has 0 saturated carbocycles. The van der Waals surface area contributed by atoms with Gasteiger partial charge in [0.1, 0.15) is 0 Å². The zero-order valence-corrected chi connectivity index (χ0v) is 26.2. The Morgan fingerprint density at radius 3 is 1.73 bits per heavy atom. The van der Waals surface area contributed by atoms with Gasteiger partial charge >= 0.3 is 0 Å². The zero-order chi connectivity index (χ0) is 31.6. The first-order valence-corrected chi connectivity index (χ1v) is 16.5. The molecule has 224 valence electrons. The van der Waals surface area contributed by atoms with Gasteiger partial charge in [-0.2, -0.15) is 0 Å². The minimum atomic E-state index is 1.12. The predicted molar refractivity (Wildman–Crippen MR) is 205 cm³/mol. The maximum Gasteiger partial charge on any atom is 0.0562 e. The zero-order valence-electron chi connectivity index (χ0n) is 26.2. The summed E-state index contributed by atoms with van der Waals surface area (Å²) in [4.78, 5) is 2.46. The lowest BCUT2D eigenvalue weighted by Crippen LogP contribution is -2.11. The Morgan fingerprint density at radius 2 is 0.854 bits per heavy atom. The highest BCUT2D eigenvalue weighted by atomic mass is 15.1. The van der Waals surface area contributed by atoms with Crippen molar-refractivity contribution in [1.29, 1.82) is 0 Å². The molecule has 0 saturated heterocycles. The number of hydrogen-bond acceptors (Lipinski definition) is 1. The van der Waals surface area contributed by atoms with E-state index in [4.69, 9.17) is 0 Å². The number of nitrogens with zero attached hydrogens (tertiary/aromatic N) is 2. The largest absolute Gasteiger partial charge is 0.309 e. The Morgan fingerprint density at radius 1 is 0.312 bits per heavy atom. The molecule has 0 aliphatic rings. The second-order valence-electron chi connectivity index (χ2n) is 12.5. The topological polar surface area (TPSA) is 8.17 Å². The Bertz CT molecular complexity index is 2840. The van der Waals surface area contributed by atoms with Crippen LogP contribution in [0.2, 0.25) is 0 Å². The maximum atomic E-state index is 2.46. The van der Waals surface area contributed by atoms with Crippen LogP contribution in [0.15, 0.2) is 182 Å². The fraction of sp³-hybridized carbons (Fsp3) is 0. The number of hydrogen-bond donors (Lipinski definition) is 0. The Hall–Kier alpha value is -6.38. The standard InChI is InChI=1S/C46H30N2/c1-2-16-33(17-3-1)47(42-24-11-21-36-38-28-27-32-14-4-6-18-34(32)37(38)29-30-39(36)42)44-25-12-26-45-46(44)40-20-8-9-22-43(40)48(45)41-23-10-15-31-13-5-7-19-35(31)41/h1-30H. The van der Waals surface area contributed by atoms with E-state index in [2.05, 4.69) is 191 Å². The highest BCUT2D eigenvalue weighted by molar-refractivity contribution is 6.21. The van der Waals surface area contributed by atoms with Gasteiger partial charge in [0.05, 0.1) is 28.1 Å². The predicted octanol–water partition coefficient (Wildman–Crippen LogP) is 12.9. The van der Waals surface area contributed by atoms with Crippen molar-refractivity contribution >= 4 is 82.0 Å². The average Bonchev–Trinajstić information content (AvgIpc) is 3.50. The van der Waals surface area contributed by atoms with Gasteiger partial charge < -0.3 is 9.47 Å². The van der Waals surface area contributed by atoms with Crippen LogP contribution >= 0.6 is 0 Å². The molecule has 0 radical (unpaired) electrons. The number of anilines is 3. The molecule has 0 spiro atoms. The fourth-order valence-corrected chi connectivity index (χ4v) is 7.87. The SMILES string of the molecule is c1ccc(N(c2cccc3c2ccc2c4ccccc4ccc32)c2cccc3c2c2ccccc2n3-c2cccc3ccccc23)cc1. The lowest BCUT2D eigenvalue weighted by Gasteiger charge is -2.28. The van der Waals surface area contributed by atoms with E-state index in [0.717, 1.165) is 17.1 Å². The van der Waals surface area contributed by atoms with Gasteiger partial charge in [0.25, 0.3) is 0 Å². The molecule has 9 aromatic carbocycles. The van der Waals surface area contributed by atoms with Crippen molar-refractivity contribution in [2.75, 3.05) is 4.90 Å². The second kappa shape index (κ2) is 10.6. The Kier molecular flexibility index (Phi) is 5.91. The first kappa shape index (κ1) is 26.8. The summed E-state index contributed by atoms with van der Waals surface area (Å²) in [5.74, 6) is 0. The number of para-hydroxylation sites is 2. The van der Waals surface area contributed by atoms with Crippen molar-refractivity contribution in [3.63, 3.8) is 0 Å². The highest BCUT2D eigenvalue weighted by Gasteiger charge is 2.23. The van der Waals surface area contributed by atoms with Crippen LogP contribution in [0.3, 0.4) is 0 Å². The van der Waals surface area contributed by atoms with Crippen LogP contribution in [-0.4, -0.2) is 4.57 Å². The molecule has 1 aromatic heterocycles. The van der Waals surface area contributed by atoms with Gasteiger partial charge in [-0.05, 0) is 74.8 Å². The molecule has 0 atom stereocenters. The van der Waals surface area contributed by atoms with Crippen LogP contribution in [0.5, 0.6) is 0 Å². The van der Waals surface area contributed by atoms with E-state index in [-0.39, 0.29) is 0 Å². The van der Waals surface area contributed by atoms with Gasteiger partial charge in [-0.1, -0.05) is 140 Å². The molecule has 0 fully saturated rings. The number of aromatic nitrogens is 1. The summed E-state index contributed by atoms with van der Waals surface area (Å²) in [6.45, 7) is 0. The van der Waals surface area contributed by atoms with Crippen LogP contribution in [0.25, 0.3) is 70.6 Å². The molecule has 48 heavy (non-hydrogen) atoms. The van der Waals surface area contributed by atoms with Crippen LogP contribution in [0.1, 0.15) is 0 Å². The van der Waals surface area contributed by atoms with E-state index < -0.39 is 0 Å². The van der Waals surface area contributed by atoms with E-state index >= 15 is 0 Å². The lowest BCUT2D eigenvalue weighted by atomic mass is 9.96. The molecule has 10 aromatic rings. The van der Waals surface area contributed by atoms with E-state index in [1.807, 2.05) is 0 Å². The van der Waals surface area contributed by atoms with Crippen molar-refractivity contribution in [2.24, 2.45) is 0 Å². The summed E-state index contributed by atoms with van der Waals surface area (Å²) >= 11 is 0. The molecular weight excluding hydrogens is 581 g/mol. The van der Waals surface area contributed by atoms with Crippen molar-refractivity contribution in [3.05, 3.63) is 182 Å². The minimum absolute atomic E-state index is 1.12. The van der Waals surface area contributed by atoms with E-state index in [1.54, 1.807) is 0 Å². The van der Waals surface area contributed by atoms with Gasteiger partial charge in [0.15, 0.2) is 0 Å². The third-order valence-corrected chi connectivity index (χ3v) is 9.94. The van der Waals surface area contributed by atoms with Crippen molar-refractivity contribution < 1.29 is 0 Å². The second-order valence-corrected chi connectivity index (χ2v) is 12.5. The summed E-state index contributed by atoms with van der Waals surface area (Å²) < 4.78 is 2.45. The molecule has 0 aliphatic carbocycles. The Balaban J connectivity index is 1.30. The monoisotopic (exact) mass is 610 g/mol. The first-order chi connectivity index (χ1) is 23.8. The molecule has 2 nitrogen and oxygen atoms in total. The average molecular weight is 611 g/mol. The van der Waals surface area contributed by atoms with E-state index in [9.17, 15) is 0 Å². The van der Waals surface area contributed by atoms with E-state index in [1.165, 1.54) is 70.6 Å². The quantitative estimate of drug-likeness (QED) is 0.180. The van der Waals surface area contributed by atoms with Crippen molar-refractivity contribution in [2.45, 2.75) is 0 Å². The number of rotatable bonds is 4. The maximum absolute atomic E-state index is 2.46. The molecule has 2 heteroatoms. The van der Waals surface area contributed by atoms with Crippen LogP contribution in [0.4, 0.5) is 17.1 Å². The molecule has 1 heterocycles. The summed E-state index contributed by atoms with van der Waals surface area (Å²) in [6.07, 6.45) is 0. The summed E-state index contributed by atoms with van der Waals surface area (Å²) in [5, 5.41) is 12.5. The highest BCUT2D eigenvalue weighted by Crippen LogP contribution is 2.46. The molecule has 0 unspecified atom stereocenters. The van der Waals surface area contributed by atoms with E-state index in [0.29, 0.717) is 0 Å². The van der Waals surface area contributed by atoms with Gasteiger partial charge in [-0.25, -0.2) is 0 Å². The molecular formula is C46H30N2. The smallest absolute Gasteiger partial charge is 0.0562 e. The molecule has 0 N–H and O–H groups in total. The van der Waals surface area contributed by atoms with Crippen molar-refractivity contribution in [1.82, 2.24) is 4.57 Å². The minimum Gasteiger partial charge on any atom is -0.309 e. The lowest BCUT2D eigenvalue weighted by molar-refractivity contribution is 1.20. The van der Waals surface area contributed by atoms with Crippen LogP contribution < -0.4 is 4.90 Å². The third kappa shape index (κ3) is 3.93. The number of benzene rings is 9. The van der Waals surface area contributed by atoms with Crippen LogP contribution in [0, 0.1) is 0 Å². The van der Waals surface area contributed by atoms with Crippen molar-refractivity contribution in [3.8, 4) is 5.69 Å². The normalized spacial score (nSPS) is 11.8. The summed E-state index contributed by atoms with van der Waals surface area (Å²) in [5.41, 5.74) is 7.00. The van der Waals surface area contributed by atoms with Gasteiger partial charge in [-0.15, -0.1) is 0 Å².